The molecular formula is C10H12BrN5O2S. The molecule has 7 nitrogen and oxygen atoms in total. The van der Waals surface area contributed by atoms with Crippen LogP contribution in [0, 0.1) is 0 Å². The minimum Gasteiger partial charge on any atom is -0.372 e. The standard InChI is InChI=1S/C10H12BrN5O2S/c1-12-10-8(5-7(11)6-13-10)19(17,18)15-9-3-4-14-16(9)2/h3-6,15H,1-2H3,(H,12,13). The van der Waals surface area contributed by atoms with Gasteiger partial charge in [0, 0.05) is 30.8 Å². The molecule has 2 N–H and O–H groups in total. The molecule has 9 heteroatoms. The van der Waals surface area contributed by atoms with Crippen molar-refractivity contribution in [2.75, 3.05) is 17.1 Å². The topological polar surface area (TPSA) is 88.9 Å². The van der Waals surface area contributed by atoms with E-state index in [1.54, 1.807) is 20.2 Å². The normalized spacial score (nSPS) is 11.3. The van der Waals surface area contributed by atoms with Crippen molar-refractivity contribution in [3.8, 4) is 0 Å². The maximum absolute atomic E-state index is 12.3. The van der Waals surface area contributed by atoms with E-state index in [0.29, 0.717) is 10.3 Å². The van der Waals surface area contributed by atoms with Crippen molar-refractivity contribution in [3.63, 3.8) is 0 Å². The van der Waals surface area contributed by atoms with E-state index in [4.69, 9.17) is 0 Å². The van der Waals surface area contributed by atoms with Crippen LogP contribution in [0.15, 0.2) is 33.9 Å². The molecular weight excluding hydrogens is 334 g/mol. The van der Waals surface area contributed by atoms with Crippen LogP contribution in [0.4, 0.5) is 11.6 Å². The number of aryl methyl sites for hydroxylation is 1. The lowest BCUT2D eigenvalue weighted by Gasteiger charge is -2.11. The molecule has 0 aromatic carbocycles. The van der Waals surface area contributed by atoms with E-state index >= 15 is 0 Å². The highest BCUT2D eigenvalue weighted by Gasteiger charge is 2.21. The van der Waals surface area contributed by atoms with Gasteiger partial charge in [-0.1, -0.05) is 0 Å². The van der Waals surface area contributed by atoms with Gasteiger partial charge in [0.25, 0.3) is 10.0 Å². The Morgan fingerprint density at radius 3 is 2.74 bits per heavy atom. The van der Waals surface area contributed by atoms with Gasteiger partial charge >= 0.3 is 0 Å². The molecule has 0 atom stereocenters. The maximum atomic E-state index is 12.3. The molecule has 0 unspecified atom stereocenters. The first-order chi connectivity index (χ1) is 8.94. The first-order valence-corrected chi connectivity index (χ1v) is 7.56. The van der Waals surface area contributed by atoms with Gasteiger partial charge in [0.2, 0.25) is 0 Å². The van der Waals surface area contributed by atoms with Gasteiger partial charge in [-0.3, -0.25) is 9.40 Å². The lowest BCUT2D eigenvalue weighted by atomic mass is 10.4. The summed E-state index contributed by atoms with van der Waals surface area (Å²) in [6, 6.07) is 3.06. The molecule has 0 saturated carbocycles. The van der Waals surface area contributed by atoms with Gasteiger partial charge in [-0.05, 0) is 22.0 Å². The molecule has 0 aliphatic carbocycles. The molecule has 0 spiro atoms. The maximum Gasteiger partial charge on any atom is 0.266 e. The number of sulfonamides is 1. The van der Waals surface area contributed by atoms with Gasteiger partial charge in [-0.2, -0.15) is 5.10 Å². The summed E-state index contributed by atoms with van der Waals surface area (Å²) in [5.41, 5.74) is 0. The van der Waals surface area contributed by atoms with E-state index in [1.807, 2.05) is 0 Å². The minimum atomic E-state index is -3.74. The molecule has 102 valence electrons. The third-order valence-corrected chi connectivity index (χ3v) is 4.21. The number of rotatable bonds is 4. The number of anilines is 2. The molecule has 0 radical (unpaired) electrons. The van der Waals surface area contributed by atoms with Gasteiger partial charge in [0.1, 0.15) is 16.5 Å². The number of nitrogens with one attached hydrogen (secondary N) is 2. The molecule has 0 aliphatic heterocycles. The highest BCUT2D eigenvalue weighted by Crippen LogP contribution is 2.24. The molecule has 0 bridgehead atoms. The van der Waals surface area contributed by atoms with Crippen molar-refractivity contribution in [2.24, 2.45) is 7.05 Å². The number of pyridine rings is 1. The van der Waals surface area contributed by atoms with E-state index in [2.05, 4.69) is 36.1 Å². The summed E-state index contributed by atoms with van der Waals surface area (Å²) >= 11 is 3.21. The van der Waals surface area contributed by atoms with Crippen molar-refractivity contribution in [3.05, 3.63) is 29.0 Å². The monoisotopic (exact) mass is 345 g/mol. The first-order valence-electron chi connectivity index (χ1n) is 5.28. The van der Waals surface area contributed by atoms with Gasteiger partial charge in [-0.25, -0.2) is 13.4 Å². The van der Waals surface area contributed by atoms with Crippen LogP contribution in [0.5, 0.6) is 0 Å². The fourth-order valence-electron chi connectivity index (χ4n) is 1.48. The summed E-state index contributed by atoms with van der Waals surface area (Å²) in [4.78, 5) is 4.08. The highest BCUT2D eigenvalue weighted by molar-refractivity contribution is 9.10. The number of aromatic nitrogens is 3. The number of nitrogens with zero attached hydrogens (tertiary/aromatic N) is 3. The van der Waals surface area contributed by atoms with Crippen molar-refractivity contribution in [1.82, 2.24) is 14.8 Å². The van der Waals surface area contributed by atoms with Gasteiger partial charge < -0.3 is 5.32 Å². The fourth-order valence-corrected chi connectivity index (χ4v) is 3.24. The van der Waals surface area contributed by atoms with E-state index in [0.717, 1.165) is 0 Å². The second kappa shape index (κ2) is 5.17. The van der Waals surface area contributed by atoms with E-state index in [-0.39, 0.29) is 10.7 Å². The number of hydrogen-bond donors (Lipinski definition) is 2. The Morgan fingerprint density at radius 1 is 1.42 bits per heavy atom. The smallest absolute Gasteiger partial charge is 0.266 e. The molecule has 19 heavy (non-hydrogen) atoms. The summed E-state index contributed by atoms with van der Waals surface area (Å²) in [6.45, 7) is 0. The van der Waals surface area contributed by atoms with Gasteiger partial charge in [-0.15, -0.1) is 0 Å². The molecule has 2 rings (SSSR count). The first kappa shape index (κ1) is 13.8. The van der Waals surface area contributed by atoms with E-state index in [1.165, 1.54) is 23.1 Å². The third-order valence-electron chi connectivity index (χ3n) is 2.41. The zero-order valence-electron chi connectivity index (χ0n) is 10.3. The second-order valence-corrected chi connectivity index (χ2v) is 6.26. The van der Waals surface area contributed by atoms with Crippen LogP contribution in [0.1, 0.15) is 0 Å². The van der Waals surface area contributed by atoms with Crippen LogP contribution in [0.3, 0.4) is 0 Å². The quantitative estimate of drug-likeness (QED) is 0.874. The average Bonchev–Trinajstić information content (AvgIpc) is 2.74. The SMILES string of the molecule is CNc1ncc(Br)cc1S(=O)(=O)Nc1ccnn1C. The zero-order chi connectivity index (χ0) is 14.0. The lowest BCUT2D eigenvalue weighted by molar-refractivity contribution is 0.600. The summed E-state index contributed by atoms with van der Waals surface area (Å²) in [5.74, 6) is 0.653. The van der Waals surface area contributed by atoms with Crippen LogP contribution in [-0.2, 0) is 17.1 Å². The fraction of sp³-hybridized carbons (Fsp3) is 0.200. The molecule has 2 aromatic heterocycles. The molecule has 0 fully saturated rings. The van der Waals surface area contributed by atoms with Crippen LogP contribution in [-0.4, -0.2) is 30.2 Å². The Bertz CT molecular complexity index is 698. The molecule has 2 heterocycles. The Hall–Kier alpha value is -1.61. The predicted molar refractivity (Wildman–Crippen MR) is 75.5 cm³/mol. The van der Waals surface area contributed by atoms with Crippen LogP contribution in [0.25, 0.3) is 0 Å². The van der Waals surface area contributed by atoms with E-state index < -0.39 is 10.0 Å². The van der Waals surface area contributed by atoms with Crippen LogP contribution in [0.2, 0.25) is 0 Å². The third kappa shape index (κ3) is 2.87. The minimum absolute atomic E-state index is 0.0607. The Morgan fingerprint density at radius 2 is 2.16 bits per heavy atom. The summed E-state index contributed by atoms with van der Waals surface area (Å²) in [5, 5.41) is 6.65. The van der Waals surface area contributed by atoms with Gasteiger partial charge in [0.15, 0.2) is 0 Å². The summed E-state index contributed by atoms with van der Waals surface area (Å²) in [6.07, 6.45) is 3.03. The zero-order valence-corrected chi connectivity index (χ0v) is 12.7. The summed E-state index contributed by atoms with van der Waals surface area (Å²) < 4.78 is 29.1. The lowest BCUT2D eigenvalue weighted by Crippen LogP contribution is -2.17. The molecule has 0 amide bonds. The van der Waals surface area contributed by atoms with Crippen molar-refractivity contribution < 1.29 is 8.42 Å². The number of hydrogen-bond acceptors (Lipinski definition) is 5. The van der Waals surface area contributed by atoms with Gasteiger partial charge in [0.05, 0.1) is 6.20 Å². The van der Waals surface area contributed by atoms with Crippen molar-refractivity contribution in [2.45, 2.75) is 4.90 Å². The molecule has 2 aromatic rings. The Labute approximate surface area is 119 Å². The van der Waals surface area contributed by atoms with Crippen molar-refractivity contribution >= 4 is 37.6 Å². The summed E-state index contributed by atoms with van der Waals surface area (Å²) in [7, 11) is -0.478. The molecule has 0 saturated heterocycles. The van der Waals surface area contributed by atoms with E-state index in [9.17, 15) is 8.42 Å². The second-order valence-electron chi connectivity index (χ2n) is 3.70. The van der Waals surface area contributed by atoms with Crippen LogP contribution < -0.4 is 10.0 Å². The number of halogens is 1. The van der Waals surface area contributed by atoms with Crippen molar-refractivity contribution in [1.29, 1.82) is 0 Å². The highest BCUT2D eigenvalue weighted by atomic mass is 79.9. The Kier molecular flexibility index (Phi) is 3.76. The predicted octanol–water partition coefficient (Wildman–Crippen LogP) is 1.42. The average molecular weight is 346 g/mol. The Balaban J connectivity index is 2.45. The van der Waals surface area contributed by atoms with Crippen LogP contribution >= 0.6 is 15.9 Å². The molecule has 0 aliphatic rings. The largest absolute Gasteiger partial charge is 0.372 e.